The fourth-order valence-corrected chi connectivity index (χ4v) is 7.64. The Hall–Kier alpha value is -0.520. The SMILES string of the molecule is C=C1C(O)OC2(CC3C(=O)C4CCCCC4SC3C(C)C2C)N1C. The minimum atomic E-state index is -0.949. The third-order valence-electron chi connectivity index (χ3n) is 7.29. The van der Waals surface area contributed by atoms with Gasteiger partial charge in [0, 0.05) is 41.7 Å². The molecular formula is C19H29NO3S. The predicted octanol–water partition coefficient (Wildman–Crippen LogP) is 3.01. The molecule has 4 fully saturated rings. The van der Waals surface area contributed by atoms with Crippen LogP contribution in [-0.2, 0) is 9.53 Å². The van der Waals surface area contributed by atoms with Crippen molar-refractivity contribution < 1.29 is 14.6 Å². The van der Waals surface area contributed by atoms with Crippen LogP contribution in [0.1, 0.15) is 46.0 Å². The molecule has 0 aromatic heterocycles. The van der Waals surface area contributed by atoms with Gasteiger partial charge >= 0.3 is 0 Å². The summed E-state index contributed by atoms with van der Waals surface area (Å²) in [6.07, 6.45) is 4.45. The van der Waals surface area contributed by atoms with Crippen LogP contribution in [0.25, 0.3) is 0 Å². The maximum absolute atomic E-state index is 13.3. The highest BCUT2D eigenvalue weighted by Gasteiger charge is 2.61. The summed E-state index contributed by atoms with van der Waals surface area (Å²) in [7, 11) is 1.95. The Balaban J connectivity index is 1.67. The van der Waals surface area contributed by atoms with Gasteiger partial charge in [-0.15, -0.1) is 0 Å². The van der Waals surface area contributed by atoms with Crippen LogP contribution in [0.15, 0.2) is 12.3 Å². The van der Waals surface area contributed by atoms with E-state index in [0.717, 1.165) is 6.42 Å². The van der Waals surface area contributed by atoms with Crippen molar-refractivity contribution in [1.29, 1.82) is 0 Å². The highest BCUT2D eigenvalue weighted by molar-refractivity contribution is 8.00. The molecule has 4 rings (SSSR count). The van der Waals surface area contributed by atoms with Crippen LogP contribution in [0.2, 0.25) is 0 Å². The quantitative estimate of drug-likeness (QED) is 0.727. The molecule has 1 N–H and O–H groups in total. The monoisotopic (exact) mass is 351 g/mol. The summed E-state index contributed by atoms with van der Waals surface area (Å²) in [5.74, 6) is 1.37. The minimum Gasteiger partial charge on any atom is -0.363 e. The van der Waals surface area contributed by atoms with Gasteiger partial charge in [-0.05, 0) is 18.8 Å². The summed E-state index contributed by atoms with van der Waals surface area (Å²) in [5, 5.41) is 11.1. The topological polar surface area (TPSA) is 49.8 Å². The molecule has 0 aromatic carbocycles. The maximum atomic E-state index is 13.3. The molecule has 2 saturated heterocycles. The fourth-order valence-electron chi connectivity index (χ4n) is 5.57. The number of carbonyl (C=O) groups excluding carboxylic acids is 1. The number of thioether (sulfide) groups is 1. The molecule has 0 aromatic rings. The number of hydrogen-bond donors (Lipinski definition) is 1. The first-order valence-corrected chi connectivity index (χ1v) is 10.3. The Morgan fingerprint density at radius 3 is 2.67 bits per heavy atom. The zero-order chi connectivity index (χ0) is 17.2. The molecule has 4 nitrogen and oxygen atoms in total. The van der Waals surface area contributed by atoms with Gasteiger partial charge in [0.05, 0.1) is 5.70 Å². The number of fused-ring (bicyclic) bond motifs is 2. The number of ether oxygens (including phenoxy) is 1. The van der Waals surface area contributed by atoms with Crippen molar-refractivity contribution in [2.75, 3.05) is 7.05 Å². The molecule has 1 spiro atoms. The number of rotatable bonds is 0. The summed E-state index contributed by atoms with van der Waals surface area (Å²) in [4.78, 5) is 15.3. The fraction of sp³-hybridized carbons (Fsp3) is 0.842. The second-order valence-electron chi connectivity index (χ2n) is 8.26. The Labute approximate surface area is 149 Å². The van der Waals surface area contributed by atoms with E-state index in [1.807, 2.05) is 11.9 Å². The van der Waals surface area contributed by atoms with Crippen molar-refractivity contribution in [1.82, 2.24) is 4.90 Å². The van der Waals surface area contributed by atoms with E-state index in [9.17, 15) is 9.90 Å². The highest BCUT2D eigenvalue weighted by atomic mass is 32.2. The van der Waals surface area contributed by atoms with E-state index >= 15 is 0 Å². The summed E-state index contributed by atoms with van der Waals surface area (Å²) >= 11 is 2.08. The van der Waals surface area contributed by atoms with Crippen LogP contribution >= 0.6 is 11.8 Å². The number of Topliss-reactive ketones (excluding diaryl/α,β-unsaturated/α-hetero) is 1. The second-order valence-corrected chi connectivity index (χ2v) is 9.68. The van der Waals surface area contributed by atoms with E-state index in [-0.39, 0.29) is 17.8 Å². The van der Waals surface area contributed by atoms with E-state index in [2.05, 4.69) is 32.2 Å². The second kappa shape index (κ2) is 5.75. The number of likely N-dealkylation sites (N-methyl/N-ethyl adjacent to an activating group) is 1. The summed E-state index contributed by atoms with van der Waals surface area (Å²) in [6.45, 7) is 8.44. The summed E-state index contributed by atoms with van der Waals surface area (Å²) in [5.41, 5.74) is 0.0217. The van der Waals surface area contributed by atoms with Crippen LogP contribution in [0.3, 0.4) is 0 Å². The summed E-state index contributed by atoms with van der Waals surface area (Å²) < 4.78 is 6.05. The molecule has 2 heterocycles. The van der Waals surface area contributed by atoms with Crippen molar-refractivity contribution in [3.05, 3.63) is 12.3 Å². The summed E-state index contributed by atoms with van der Waals surface area (Å²) in [6, 6.07) is 0. The number of ketones is 1. The molecule has 2 aliphatic carbocycles. The number of carbonyl (C=O) groups is 1. The van der Waals surface area contributed by atoms with Crippen LogP contribution < -0.4 is 0 Å². The smallest absolute Gasteiger partial charge is 0.198 e. The number of aliphatic hydroxyl groups excluding tert-OH is 1. The Bertz CT molecular complexity index is 567. The molecule has 2 saturated carbocycles. The largest absolute Gasteiger partial charge is 0.363 e. The van der Waals surface area contributed by atoms with Gasteiger partial charge in [-0.1, -0.05) is 33.3 Å². The molecule has 0 bridgehead atoms. The molecule has 2 aliphatic heterocycles. The first-order chi connectivity index (χ1) is 11.4. The van der Waals surface area contributed by atoms with E-state index in [1.165, 1.54) is 19.3 Å². The molecule has 134 valence electrons. The molecule has 5 heteroatoms. The van der Waals surface area contributed by atoms with Gasteiger partial charge in [-0.2, -0.15) is 11.8 Å². The van der Waals surface area contributed by atoms with Crippen molar-refractivity contribution in [3.63, 3.8) is 0 Å². The predicted molar refractivity (Wildman–Crippen MR) is 95.3 cm³/mol. The number of nitrogens with zero attached hydrogens (tertiary/aromatic N) is 1. The zero-order valence-corrected chi connectivity index (χ0v) is 15.7. The minimum absolute atomic E-state index is 0.0427. The standard InChI is InChI=1S/C19H29NO3S/c1-10-11(2)19(20(4)12(3)18(22)23-19)9-14-16(21)13-7-5-6-8-15(13)24-17(10)14/h10-11,13-15,17-18,22H,3,5-9H2,1-2,4H3. The lowest BCUT2D eigenvalue weighted by molar-refractivity contribution is -0.212. The Kier molecular flexibility index (Phi) is 4.05. The molecule has 4 aliphatic rings. The van der Waals surface area contributed by atoms with E-state index in [1.54, 1.807) is 0 Å². The first kappa shape index (κ1) is 16.9. The molecule has 0 radical (unpaired) electrons. The molecule has 0 amide bonds. The lowest BCUT2D eigenvalue weighted by Gasteiger charge is -2.55. The third-order valence-corrected chi connectivity index (χ3v) is 9.28. The van der Waals surface area contributed by atoms with Crippen LogP contribution in [0, 0.1) is 23.7 Å². The lowest BCUT2D eigenvalue weighted by atomic mass is 9.65. The normalized spacial score (nSPS) is 51.7. The molecule has 24 heavy (non-hydrogen) atoms. The van der Waals surface area contributed by atoms with Crippen LogP contribution in [0.4, 0.5) is 0 Å². The Morgan fingerprint density at radius 1 is 1.29 bits per heavy atom. The van der Waals surface area contributed by atoms with Crippen molar-refractivity contribution in [3.8, 4) is 0 Å². The van der Waals surface area contributed by atoms with Crippen LogP contribution in [0.5, 0.6) is 0 Å². The van der Waals surface area contributed by atoms with Gasteiger partial charge in [0.15, 0.2) is 6.29 Å². The molecular weight excluding hydrogens is 322 g/mol. The average molecular weight is 352 g/mol. The van der Waals surface area contributed by atoms with Gasteiger partial charge in [0.25, 0.3) is 0 Å². The van der Waals surface area contributed by atoms with Crippen molar-refractivity contribution >= 4 is 17.5 Å². The number of aliphatic hydroxyl groups is 1. The van der Waals surface area contributed by atoms with Gasteiger partial charge < -0.3 is 14.7 Å². The van der Waals surface area contributed by atoms with Crippen molar-refractivity contribution in [2.24, 2.45) is 23.7 Å². The van der Waals surface area contributed by atoms with E-state index in [4.69, 9.17) is 4.74 Å². The van der Waals surface area contributed by atoms with Crippen LogP contribution in [-0.4, -0.2) is 45.4 Å². The van der Waals surface area contributed by atoms with Gasteiger partial charge in [-0.25, -0.2) is 0 Å². The van der Waals surface area contributed by atoms with Gasteiger partial charge in [-0.3, -0.25) is 4.79 Å². The van der Waals surface area contributed by atoms with Gasteiger partial charge in [0.2, 0.25) is 0 Å². The van der Waals surface area contributed by atoms with E-state index in [0.29, 0.717) is 34.3 Å². The molecule has 8 atom stereocenters. The number of hydrogen-bond acceptors (Lipinski definition) is 5. The average Bonchev–Trinajstić information content (AvgIpc) is 2.79. The third kappa shape index (κ3) is 2.17. The van der Waals surface area contributed by atoms with Crippen molar-refractivity contribution in [2.45, 2.75) is 68.5 Å². The molecule has 8 unspecified atom stereocenters. The lowest BCUT2D eigenvalue weighted by Crippen LogP contribution is -2.61. The maximum Gasteiger partial charge on any atom is 0.198 e. The first-order valence-electron chi connectivity index (χ1n) is 9.34. The Morgan fingerprint density at radius 2 is 2.00 bits per heavy atom. The zero-order valence-electron chi connectivity index (χ0n) is 14.9. The van der Waals surface area contributed by atoms with E-state index < -0.39 is 12.0 Å². The highest BCUT2D eigenvalue weighted by Crippen LogP contribution is 2.57. The van der Waals surface area contributed by atoms with Gasteiger partial charge in [0.1, 0.15) is 11.5 Å².